The molecule has 146 valence electrons. The largest absolute Gasteiger partial charge is 0.336 e. The van der Waals surface area contributed by atoms with Gasteiger partial charge in [-0.2, -0.15) is 0 Å². The highest BCUT2D eigenvalue weighted by Gasteiger charge is 2.52. The molecule has 1 unspecified atom stereocenters. The van der Waals surface area contributed by atoms with Crippen molar-refractivity contribution < 1.29 is 29.0 Å². The molecule has 0 radical (unpaired) electrons. The average Bonchev–Trinajstić information content (AvgIpc) is 3.01. The van der Waals surface area contributed by atoms with Crippen LogP contribution >= 0.6 is 0 Å². The predicted molar refractivity (Wildman–Crippen MR) is 91.1 cm³/mol. The maximum Gasteiger partial charge on any atom is 0.336 e. The summed E-state index contributed by atoms with van der Waals surface area (Å²) in [6.45, 7) is 8.61. The van der Waals surface area contributed by atoms with E-state index in [1.165, 1.54) is 0 Å². The van der Waals surface area contributed by atoms with Gasteiger partial charge < -0.3 is 4.84 Å². The number of nitrogens with zero attached hydrogens (tertiary/aromatic N) is 1. The van der Waals surface area contributed by atoms with Crippen molar-refractivity contribution in [3.63, 3.8) is 0 Å². The smallest absolute Gasteiger partial charge is 0.330 e. The molecular formula is C19H29NO6. The molecule has 0 aromatic carbocycles. The molecule has 2 aliphatic heterocycles. The van der Waals surface area contributed by atoms with E-state index in [0.717, 1.165) is 25.7 Å². The van der Waals surface area contributed by atoms with Gasteiger partial charge in [0.05, 0.1) is 6.42 Å². The molecule has 0 N–H and O–H groups in total. The van der Waals surface area contributed by atoms with Crippen molar-refractivity contribution in [2.75, 3.05) is 0 Å². The van der Waals surface area contributed by atoms with Crippen molar-refractivity contribution in [3.05, 3.63) is 0 Å². The van der Waals surface area contributed by atoms with E-state index in [0.29, 0.717) is 17.4 Å². The summed E-state index contributed by atoms with van der Waals surface area (Å²) in [5, 5.41) is 0.575. The fourth-order valence-corrected chi connectivity index (χ4v) is 4.39. The van der Waals surface area contributed by atoms with E-state index in [1.54, 1.807) is 0 Å². The number of amides is 2. The van der Waals surface area contributed by atoms with Gasteiger partial charge in [0.15, 0.2) is 0 Å². The Morgan fingerprint density at radius 2 is 1.73 bits per heavy atom. The Kier molecular flexibility index (Phi) is 4.90. The highest BCUT2D eigenvalue weighted by Crippen LogP contribution is 2.50. The van der Waals surface area contributed by atoms with Crippen LogP contribution in [0.1, 0.15) is 79.1 Å². The summed E-state index contributed by atoms with van der Waals surface area (Å²) in [6, 6.07) is 0. The van der Waals surface area contributed by atoms with Crippen molar-refractivity contribution in [1.82, 2.24) is 5.06 Å². The fourth-order valence-electron chi connectivity index (χ4n) is 4.39. The van der Waals surface area contributed by atoms with Crippen LogP contribution in [-0.4, -0.2) is 34.0 Å². The molecule has 26 heavy (non-hydrogen) atoms. The van der Waals surface area contributed by atoms with Gasteiger partial charge in [0, 0.05) is 19.3 Å². The summed E-state index contributed by atoms with van der Waals surface area (Å²) < 4.78 is 0. The van der Waals surface area contributed by atoms with Crippen LogP contribution in [0.15, 0.2) is 0 Å². The molecule has 1 atom stereocenters. The van der Waals surface area contributed by atoms with Crippen molar-refractivity contribution in [3.8, 4) is 0 Å². The van der Waals surface area contributed by atoms with Crippen LogP contribution in [0.2, 0.25) is 0 Å². The zero-order valence-corrected chi connectivity index (χ0v) is 16.1. The quantitative estimate of drug-likeness (QED) is 0.563. The molecule has 0 bridgehead atoms. The van der Waals surface area contributed by atoms with Crippen LogP contribution in [0.25, 0.3) is 0 Å². The maximum absolute atomic E-state index is 12.2. The van der Waals surface area contributed by atoms with E-state index in [4.69, 9.17) is 14.6 Å². The Balaban J connectivity index is 1.55. The van der Waals surface area contributed by atoms with E-state index < -0.39 is 23.4 Å². The molecule has 1 aliphatic carbocycles. The lowest BCUT2D eigenvalue weighted by Crippen LogP contribution is -2.39. The number of hydrogen-bond acceptors (Lipinski definition) is 6. The van der Waals surface area contributed by atoms with Crippen molar-refractivity contribution >= 4 is 17.8 Å². The molecule has 3 fully saturated rings. The average molecular weight is 367 g/mol. The number of rotatable bonds is 3. The van der Waals surface area contributed by atoms with Crippen LogP contribution < -0.4 is 0 Å². The molecule has 7 heteroatoms. The number of imide groups is 1. The molecule has 0 aromatic rings. The number of hydroxylamine groups is 2. The van der Waals surface area contributed by atoms with Gasteiger partial charge in [-0.3, -0.25) is 9.59 Å². The van der Waals surface area contributed by atoms with Crippen molar-refractivity contribution in [1.29, 1.82) is 0 Å². The summed E-state index contributed by atoms with van der Waals surface area (Å²) in [4.78, 5) is 51.6. The standard InChI is InChI=1S/C19H29NO6/c1-17(2,3)13-7-9-19(10-8-13)12-18(4,25-26-19)11-16(23)24-20-14(21)5-6-15(20)22/h13H,5-12H2,1-4H3. The molecule has 1 saturated carbocycles. The molecule has 2 saturated heterocycles. The zero-order valence-electron chi connectivity index (χ0n) is 16.1. The van der Waals surface area contributed by atoms with Gasteiger partial charge in [-0.15, -0.1) is 5.06 Å². The predicted octanol–water partition coefficient (Wildman–Crippen LogP) is 3.07. The Labute approximate surface area is 154 Å². The summed E-state index contributed by atoms with van der Waals surface area (Å²) in [5.41, 5.74) is -0.878. The first-order chi connectivity index (χ1) is 12.0. The highest BCUT2D eigenvalue weighted by atomic mass is 17.2. The molecule has 7 nitrogen and oxygen atoms in total. The van der Waals surface area contributed by atoms with Crippen molar-refractivity contribution in [2.45, 2.75) is 90.3 Å². The van der Waals surface area contributed by atoms with Gasteiger partial charge in [0.2, 0.25) is 0 Å². The zero-order chi connectivity index (χ0) is 19.2. The maximum atomic E-state index is 12.2. The van der Waals surface area contributed by atoms with Gasteiger partial charge in [0.25, 0.3) is 11.8 Å². The summed E-state index contributed by atoms with van der Waals surface area (Å²) in [7, 11) is 0. The van der Waals surface area contributed by atoms with Gasteiger partial charge in [-0.1, -0.05) is 20.8 Å². The minimum absolute atomic E-state index is 0.0610. The number of carbonyl (C=O) groups is 3. The molecule has 0 aromatic heterocycles. The van der Waals surface area contributed by atoms with Gasteiger partial charge in [-0.25, -0.2) is 14.6 Å². The first-order valence-electron chi connectivity index (χ1n) is 9.45. The molecule has 2 heterocycles. The second-order valence-electron chi connectivity index (χ2n) is 9.34. The normalized spacial score (nSPS) is 35.4. The summed E-state index contributed by atoms with van der Waals surface area (Å²) >= 11 is 0. The van der Waals surface area contributed by atoms with E-state index in [2.05, 4.69) is 20.8 Å². The van der Waals surface area contributed by atoms with E-state index in [1.807, 2.05) is 6.92 Å². The SMILES string of the molecule is CC1(CC(=O)ON2C(=O)CCC2=O)CC2(CCC(C(C)(C)C)CC2)OO1. The molecule has 3 aliphatic rings. The second kappa shape index (κ2) is 6.60. The lowest BCUT2D eigenvalue weighted by atomic mass is 9.66. The van der Waals surface area contributed by atoms with E-state index in [-0.39, 0.29) is 30.3 Å². The molecule has 1 spiro atoms. The summed E-state index contributed by atoms with van der Waals surface area (Å²) in [5.74, 6) is -0.955. The lowest BCUT2D eigenvalue weighted by molar-refractivity contribution is -0.353. The van der Waals surface area contributed by atoms with Gasteiger partial charge in [0.1, 0.15) is 11.2 Å². The first kappa shape index (κ1) is 19.3. The fraction of sp³-hybridized carbons (Fsp3) is 0.842. The van der Waals surface area contributed by atoms with Crippen LogP contribution in [0.3, 0.4) is 0 Å². The lowest BCUT2D eigenvalue weighted by Gasteiger charge is -2.40. The number of hydrogen-bond donors (Lipinski definition) is 0. The minimum atomic E-state index is -0.808. The topological polar surface area (TPSA) is 82.1 Å². The monoisotopic (exact) mass is 367 g/mol. The first-order valence-corrected chi connectivity index (χ1v) is 9.45. The van der Waals surface area contributed by atoms with Crippen LogP contribution in [0, 0.1) is 11.3 Å². The van der Waals surface area contributed by atoms with Crippen LogP contribution in [0.4, 0.5) is 0 Å². The van der Waals surface area contributed by atoms with Crippen LogP contribution in [-0.2, 0) is 29.0 Å². The third-order valence-corrected chi connectivity index (χ3v) is 5.95. The Hall–Kier alpha value is -1.47. The Morgan fingerprint density at radius 1 is 1.15 bits per heavy atom. The van der Waals surface area contributed by atoms with E-state index in [9.17, 15) is 14.4 Å². The van der Waals surface area contributed by atoms with E-state index >= 15 is 0 Å². The molecule has 2 amide bonds. The van der Waals surface area contributed by atoms with Gasteiger partial charge >= 0.3 is 5.97 Å². The third kappa shape index (κ3) is 3.93. The molecule has 3 rings (SSSR count). The molecular weight excluding hydrogens is 338 g/mol. The van der Waals surface area contributed by atoms with Crippen LogP contribution in [0.5, 0.6) is 0 Å². The highest BCUT2D eigenvalue weighted by molar-refractivity contribution is 6.01. The summed E-state index contributed by atoms with van der Waals surface area (Å²) in [6.07, 6.45) is 4.67. The minimum Gasteiger partial charge on any atom is -0.330 e. The Bertz CT molecular complexity index is 586. The second-order valence-corrected chi connectivity index (χ2v) is 9.34. The van der Waals surface area contributed by atoms with Gasteiger partial charge in [-0.05, 0) is 43.9 Å². The third-order valence-electron chi connectivity index (χ3n) is 5.95. The Morgan fingerprint density at radius 3 is 2.27 bits per heavy atom. The van der Waals surface area contributed by atoms with Crippen molar-refractivity contribution in [2.24, 2.45) is 11.3 Å². The number of carbonyl (C=O) groups excluding carboxylic acids is 3.